The molecule has 3 unspecified atom stereocenters. The molecular formula is C14H19NO4. The Morgan fingerprint density at radius 1 is 1.32 bits per heavy atom. The molecule has 0 aromatic heterocycles. The summed E-state index contributed by atoms with van der Waals surface area (Å²) in [6.45, 7) is 4.57. The first-order valence-corrected chi connectivity index (χ1v) is 6.41. The van der Waals surface area contributed by atoms with Crippen LogP contribution < -0.4 is 0 Å². The van der Waals surface area contributed by atoms with Gasteiger partial charge in [-0.2, -0.15) is 0 Å². The smallest absolute Gasteiger partial charge is 0.308 e. The SMILES string of the molecule is CC(c1cc(O)cc(O)c1)N1CCC(C(=O)O)C1C. The van der Waals surface area contributed by atoms with Gasteiger partial charge in [-0.3, -0.25) is 9.69 Å². The molecule has 3 N–H and O–H groups in total. The summed E-state index contributed by atoms with van der Waals surface area (Å²) in [6.07, 6.45) is 0.631. The summed E-state index contributed by atoms with van der Waals surface area (Å²) in [6, 6.07) is 4.38. The van der Waals surface area contributed by atoms with Crippen molar-refractivity contribution in [3.63, 3.8) is 0 Å². The van der Waals surface area contributed by atoms with Crippen LogP contribution in [0, 0.1) is 5.92 Å². The zero-order valence-electron chi connectivity index (χ0n) is 11.1. The summed E-state index contributed by atoms with van der Waals surface area (Å²) in [5, 5.41) is 28.2. The lowest BCUT2D eigenvalue weighted by molar-refractivity contribution is -0.142. The lowest BCUT2D eigenvalue weighted by atomic mass is 10.0. The van der Waals surface area contributed by atoms with Gasteiger partial charge in [0.2, 0.25) is 0 Å². The molecule has 1 saturated heterocycles. The quantitative estimate of drug-likeness (QED) is 0.778. The van der Waals surface area contributed by atoms with Crippen LogP contribution in [0.15, 0.2) is 18.2 Å². The number of aromatic hydroxyl groups is 2. The van der Waals surface area contributed by atoms with Crippen LogP contribution in [-0.4, -0.2) is 38.8 Å². The van der Waals surface area contributed by atoms with Crippen molar-refractivity contribution >= 4 is 5.97 Å². The first-order valence-electron chi connectivity index (χ1n) is 6.41. The maximum absolute atomic E-state index is 11.1. The highest BCUT2D eigenvalue weighted by molar-refractivity contribution is 5.71. The van der Waals surface area contributed by atoms with Crippen molar-refractivity contribution in [2.24, 2.45) is 5.92 Å². The van der Waals surface area contributed by atoms with Crippen LogP contribution in [0.25, 0.3) is 0 Å². The molecule has 0 aliphatic carbocycles. The third-order valence-electron chi connectivity index (χ3n) is 4.03. The zero-order valence-corrected chi connectivity index (χ0v) is 11.1. The van der Waals surface area contributed by atoms with Crippen LogP contribution in [0.5, 0.6) is 11.5 Å². The number of phenols is 2. The molecule has 1 aliphatic heterocycles. The highest BCUT2D eigenvalue weighted by Gasteiger charge is 2.38. The van der Waals surface area contributed by atoms with Crippen molar-refractivity contribution in [1.82, 2.24) is 4.90 Å². The van der Waals surface area contributed by atoms with Crippen molar-refractivity contribution in [2.75, 3.05) is 6.54 Å². The molecule has 1 aromatic rings. The van der Waals surface area contributed by atoms with E-state index in [1.54, 1.807) is 12.1 Å². The average Bonchev–Trinajstić information content (AvgIpc) is 2.69. The fourth-order valence-electron chi connectivity index (χ4n) is 2.89. The molecule has 0 bridgehead atoms. The van der Waals surface area contributed by atoms with Gasteiger partial charge in [-0.25, -0.2) is 0 Å². The highest BCUT2D eigenvalue weighted by Crippen LogP contribution is 2.35. The van der Waals surface area contributed by atoms with Crippen molar-refractivity contribution < 1.29 is 20.1 Å². The molecule has 5 heteroatoms. The normalized spacial score (nSPS) is 25.4. The van der Waals surface area contributed by atoms with Gasteiger partial charge in [0, 0.05) is 18.2 Å². The van der Waals surface area contributed by atoms with E-state index >= 15 is 0 Å². The Morgan fingerprint density at radius 3 is 2.37 bits per heavy atom. The van der Waals surface area contributed by atoms with Gasteiger partial charge >= 0.3 is 5.97 Å². The average molecular weight is 265 g/mol. The number of carboxylic acids is 1. The van der Waals surface area contributed by atoms with Gasteiger partial charge in [0.05, 0.1) is 5.92 Å². The first-order chi connectivity index (χ1) is 8.90. The molecule has 1 aromatic carbocycles. The third-order valence-corrected chi connectivity index (χ3v) is 4.03. The van der Waals surface area contributed by atoms with Gasteiger partial charge < -0.3 is 15.3 Å². The number of aliphatic carboxylic acids is 1. The predicted molar refractivity (Wildman–Crippen MR) is 70.1 cm³/mol. The van der Waals surface area contributed by atoms with E-state index in [0.29, 0.717) is 13.0 Å². The number of hydrogen-bond acceptors (Lipinski definition) is 4. The molecule has 19 heavy (non-hydrogen) atoms. The zero-order chi connectivity index (χ0) is 14.2. The lowest BCUT2D eigenvalue weighted by Crippen LogP contribution is -2.34. The second-order valence-corrected chi connectivity index (χ2v) is 5.17. The second kappa shape index (κ2) is 5.09. The summed E-state index contributed by atoms with van der Waals surface area (Å²) < 4.78 is 0. The van der Waals surface area contributed by atoms with Gasteiger partial charge in [0.25, 0.3) is 0 Å². The third kappa shape index (κ3) is 2.66. The first kappa shape index (κ1) is 13.7. The second-order valence-electron chi connectivity index (χ2n) is 5.17. The molecule has 1 heterocycles. The Labute approximate surface area is 112 Å². The summed E-state index contributed by atoms with van der Waals surface area (Å²) in [7, 11) is 0. The number of rotatable bonds is 3. The maximum Gasteiger partial charge on any atom is 0.308 e. The molecule has 1 fully saturated rings. The van der Waals surface area contributed by atoms with E-state index in [1.165, 1.54) is 6.07 Å². The van der Waals surface area contributed by atoms with E-state index in [0.717, 1.165) is 5.56 Å². The van der Waals surface area contributed by atoms with E-state index in [4.69, 9.17) is 5.11 Å². The number of nitrogens with zero attached hydrogens (tertiary/aromatic N) is 1. The van der Waals surface area contributed by atoms with Crippen molar-refractivity contribution in [2.45, 2.75) is 32.4 Å². The van der Waals surface area contributed by atoms with E-state index in [1.807, 2.05) is 13.8 Å². The van der Waals surface area contributed by atoms with Gasteiger partial charge in [-0.05, 0) is 44.5 Å². The van der Waals surface area contributed by atoms with Crippen molar-refractivity contribution in [1.29, 1.82) is 0 Å². The summed E-state index contributed by atoms with van der Waals surface area (Å²) >= 11 is 0. The molecule has 2 rings (SSSR count). The van der Waals surface area contributed by atoms with Crippen LogP contribution in [0.3, 0.4) is 0 Å². The number of benzene rings is 1. The molecule has 1 aliphatic rings. The van der Waals surface area contributed by atoms with E-state index in [9.17, 15) is 15.0 Å². The molecule has 0 radical (unpaired) electrons. The van der Waals surface area contributed by atoms with Crippen molar-refractivity contribution in [3.8, 4) is 11.5 Å². The van der Waals surface area contributed by atoms with Gasteiger partial charge in [0.15, 0.2) is 0 Å². The molecule has 0 saturated carbocycles. The minimum absolute atomic E-state index is 0.0171. The Kier molecular flexibility index (Phi) is 3.66. The largest absolute Gasteiger partial charge is 0.508 e. The molecule has 5 nitrogen and oxygen atoms in total. The molecular weight excluding hydrogens is 246 g/mol. The number of likely N-dealkylation sites (tertiary alicyclic amines) is 1. The van der Waals surface area contributed by atoms with Crippen LogP contribution in [0.1, 0.15) is 31.9 Å². The van der Waals surface area contributed by atoms with Gasteiger partial charge in [0.1, 0.15) is 11.5 Å². The van der Waals surface area contributed by atoms with Gasteiger partial charge in [-0.1, -0.05) is 0 Å². The standard InChI is InChI=1S/C14H19NO4/c1-8(10-5-11(16)7-12(17)6-10)15-4-3-13(9(15)2)14(18)19/h5-9,13,16-17H,3-4H2,1-2H3,(H,18,19). The fraction of sp³-hybridized carbons (Fsp3) is 0.500. The number of carbonyl (C=O) groups is 1. The Balaban J connectivity index is 2.20. The maximum atomic E-state index is 11.1. The number of carboxylic acid groups (broad SMARTS) is 1. The van der Waals surface area contributed by atoms with Crippen LogP contribution in [-0.2, 0) is 4.79 Å². The Hall–Kier alpha value is -1.75. The van der Waals surface area contributed by atoms with Gasteiger partial charge in [-0.15, -0.1) is 0 Å². The van der Waals surface area contributed by atoms with Crippen LogP contribution in [0.2, 0.25) is 0 Å². The minimum atomic E-state index is -0.763. The summed E-state index contributed by atoms with van der Waals surface area (Å²) in [4.78, 5) is 13.2. The number of phenolic OH excluding ortho intramolecular Hbond substituents is 2. The highest BCUT2D eigenvalue weighted by atomic mass is 16.4. The summed E-state index contributed by atoms with van der Waals surface area (Å²) in [5.74, 6) is -1.08. The molecule has 0 spiro atoms. The molecule has 104 valence electrons. The van der Waals surface area contributed by atoms with E-state index < -0.39 is 5.97 Å². The summed E-state index contributed by atoms with van der Waals surface area (Å²) in [5.41, 5.74) is 0.787. The Morgan fingerprint density at radius 2 is 1.89 bits per heavy atom. The fourth-order valence-corrected chi connectivity index (χ4v) is 2.89. The predicted octanol–water partition coefficient (Wildman–Crippen LogP) is 1.95. The topological polar surface area (TPSA) is 81.0 Å². The lowest BCUT2D eigenvalue weighted by Gasteiger charge is -2.30. The molecule has 3 atom stereocenters. The van der Waals surface area contributed by atoms with E-state index in [2.05, 4.69) is 4.90 Å². The minimum Gasteiger partial charge on any atom is -0.508 e. The van der Waals surface area contributed by atoms with Crippen molar-refractivity contribution in [3.05, 3.63) is 23.8 Å². The van der Waals surface area contributed by atoms with E-state index in [-0.39, 0.29) is 29.5 Å². The van der Waals surface area contributed by atoms with Crippen LogP contribution >= 0.6 is 0 Å². The number of hydrogen-bond donors (Lipinski definition) is 3. The Bertz CT molecular complexity index is 468. The monoisotopic (exact) mass is 265 g/mol. The molecule has 0 amide bonds. The van der Waals surface area contributed by atoms with Crippen LogP contribution in [0.4, 0.5) is 0 Å².